The number of fused-ring (bicyclic) bond motifs is 1. The Bertz CT molecular complexity index is 842. The molecule has 3 rings (SSSR count). The number of benzene rings is 1. The minimum absolute atomic E-state index is 0.206. The lowest BCUT2D eigenvalue weighted by molar-refractivity contribution is -0.159. The molecule has 1 aliphatic carbocycles. The number of rotatable bonds is 6. The topological polar surface area (TPSA) is 122 Å². The van der Waals surface area contributed by atoms with Crippen LogP contribution in [0.2, 0.25) is 0 Å². The van der Waals surface area contributed by atoms with Crippen molar-refractivity contribution in [2.45, 2.75) is 45.6 Å². The molecule has 0 spiro atoms. The van der Waals surface area contributed by atoms with Gasteiger partial charge in [0.15, 0.2) is 6.61 Å². The zero-order chi connectivity index (χ0) is 21.8. The summed E-state index contributed by atoms with van der Waals surface area (Å²) in [5.41, 5.74) is 1.05. The number of hydrogen-bond donors (Lipinski definition) is 2. The summed E-state index contributed by atoms with van der Waals surface area (Å²) in [5, 5.41) is 5.18. The molecule has 2 N–H and O–H groups in total. The molecule has 4 amide bonds. The van der Waals surface area contributed by atoms with Crippen LogP contribution in [0.15, 0.2) is 24.3 Å². The molecule has 9 heteroatoms. The molecule has 1 aromatic carbocycles. The van der Waals surface area contributed by atoms with Crippen molar-refractivity contribution in [2.24, 2.45) is 11.8 Å². The van der Waals surface area contributed by atoms with Crippen LogP contribution >= 0.6 is 0 Å². The van der Waals surface area contributed by atoms with Crippen LogP contribution in [0.3, 0.4) is 0 Å². The van der Waals surface area contributed by atoms with Crippen LogP contribution in [0.25, 0.3) is 0 Å². The second kappa shape index (κ2) is 9.06. The zero-order valence-electron chi connectivity index (χ0n) is 17.0. The van der Waals surface area contributed by atoms with Crippen LogP contribution in [-0.2, 0) is 28.7 Å². The van der Waals surface area contributed by atoms with E-state index in [1.165, 1.54) is 13.8 Å². The van der Waals surface area contributed by atoms with E-state index in [9.17, 15) is 24.0 Å². The third kappa shape index (κ3) is 4.67. The first-order valence-corrected chi connectivity index (χ1v) is 9.99. The van der Waals surface area contributed by atoms with Crippen molar-refractivity contribution in [2.75, 3.05) is 17.2 Å². The number of nitrogens with one attached hydrogen (secondary N) is 2. The first-order chi connectivity index (χ1) is 14.3. The lowest BCUT2D eigenvalue weighted by atomic mass is 9.81. The number of anilines is 2. The van der Waals surface area contributed by atoms with Gasteiger partial charge < -0.3 is 15.4 Å². The van der Waals surface area contributed by atoms with Gasteiger partial charge in [-0.15, -0.1) is 0 Å². The van der Waals surface area contributed by atoms with E-state index in [1.54, 1.807) is 24.3 Å². The van der Waals surface area contributed by atoms with Crippen LogP contribution < -0.4 is 10.6 Å². The Labute approximate surface area is 174 Å². The summed E-state index contributed by atoms with van der Waals surface area (Å²) in [6, 6.07) is 5.36. The fraction of sp³-hybridized carbons (Fsp3) is 0.476. The average Bonchev–Trinajstić information content (AvgIpc) is 2.97. The molecule has 1 saturated carbocycles. The monoisotopic (exact) mass is 415 g/mol. The van der Waals surface area contributed by atoms with Gasteiger partial charge in [0.2, 0.25) is 17.7 Å². The molecule has 1 heterocycles. The molecule has 1 saturated heterocycles. The molecule has 1 aromatic rings. The number of ether oxygens (including phenoxy) is 1. The Morgan fingerprint density at radius 1 is 1.00 bits per heavy atom. The highest BCUT2D eigenvalue weighted by atomic mass is 16.5. The summed E-state index contributed by atoms with van der Waals surface area (Å²) in [5.74, 6) is -2.89. The smallest absolute Gasteiger partial charge is 0.329 e. The normalized spacial score (nSPS) is 21.6. The van der Waals surface area contributed by atoms with Crippen molar-refractivity contribution in [1.29, 1.82) is 0 Å². The van der Waals surface area contributed by atoms with Crippen LogP contribution in [-0.4, -0.2) is 47.1 Å². The van der Waals surface area contributed by atoms with Crippen LogP contribution in [0, 0.1) is 11.8 Å². The Morgan fingerprint density at radius 2 is 1.50 bits per heavy atom. The summed E-state index contributed by atoms with van der Waals surface area (Å²) < 4.78 is 5.02. The number of hydrogen-bond acceptors (Lipinski definition) is 6. The number of carbonyl (C=O) groups excluding carboxylic acids is 5. The van der Waals surface area contributed by atoms with E-state index in [0.717, 1.165) is 17.7 Å². The van der Waals surface area contributed by atoms with Gasteiger partial charge in [-0.05, 0) is 44.0 Å². The van der Waals surface area contributed by atoms with Crippen LogP contribution in [0.5, 0.6) is 0 Å². The Balaban J connectivity index is 1.51. The van der Waals surface area contributed by atoms with Crippen molar-refractivity contribution >= 4 is 41.0 Å². The molecule has 0 unspecified atom stereocenters. The van der Waals surface area contributed by atoms with Gasteiger partial charge in [0, 0.05) is 18.3 Å². The minimum atomic E-state index is -1.07. The summed E-state index contributed by atoms with van der Waals surface area (Å²) in [6.45, 7) is 2.29. The van der Waals surface area contributed by atoms with Gasteiger partial charge in [-0.1, -0.05) is 12.8 Å². The molecule has 3 atom stereocenters. The zero-order valence-corrected chi connectivity index (χ0v) is 17.0. The van der Waals surface area contributed by atoms with Crippen molar-refractivity contribution < 1.29 is 28.7 Å². The van der Waals surface area contributed by atoms with Crippen LogP contribution in [0.4, 0.5) is 11.4 Å². The molecule has 160 valence electrons. The number of esters is 1. The lowest BCUT2D eigenvalue weighted by Crippen LogP contribution is -2.45. The first-order valence-electron chi connectivity index (χ1n) is 9.99. The Kier molecular flexibility index (Phi) is 6.49. The maximum absolute atomic E-state index is 12.6. The number of imide groups is 1. The second-order valence-corrected chi connectivity index (χ2v) is 7.63. The summed E-state index contributed by atoms with van der Waals surface area (Å²) in [4.78, 5) is 61.5. The number of amides is 4. The molecule has 0 aromatic heterocycles. The summed E-state index contributed by atoms with van der Waals surface area (Å²) in [6.07, 6.45) is 3.13. The molecule has 1 aliphatic heterocycles. The van der Waals surface area contributed by atoms with Gasteiger partial charge in [-0.2, -0.15) is 0 Å². The molecule has 30 heavy (non-hydrogen) atoms. The summed E-state index contributed by atoms with van der Waals surface area (Å²) >= 11 is 0. The highest BCUT2D eigenvalue weighted by molar-refractivity contribution is 6.08. The Hall–Kier alpha value is -3.23. The van der Waals surface area contributed by atoms with E-state index in [2.05, 4.69) is 10.6 Å². The highest BCUT2D eigenvalue weighted by Crippen LogP contribution is 2.38. The van der Waals surface area contributed by atoms with E-state index >= 15 is 0 Å². The quantitative estimate of drug-likeness (QED) is 0.539. The predicted octanol–water partition coefficient (Wildman–Crippen LogP) is 1.69. The molecule has 9 nitrogen and oxygen atoms in total. The number of likely N-dealkylation sites (tertiary alicyclic amines) is 1. The Morgan fingerprint density at radius 3 is 2.00 bits per heavy atom. The lowest BCUT2D eigenvalue weighted by Gasteiger charge is -2.21. The molecule has 2 fully saturated rings. The molecular formula is C21H25N3O6. The van der Waals surface area contributed by atoms with E-state index in [-0.39, 0.29) is 29.6 Å². The van der Waals surface area contributed by atoms with Crippen molar-refractivity contribution in [3.05, 3.63) is 24.3 Å². The largest absolute Gasteiger partial charge is 0.454 e. The van der Waals surface area contributed by atoms with Gasteiger partial charge >= 0.3 is 5.97 Å². The fourth-order valence-corrected chi connectivity index (χ4v) is 3.97. The van der Waals surface area contributed by atoms with E-state index in [4.69, 9.17) is 4.74 Å². The SMILES string of the molecule is CC(=O)Nc1ccc(NC(=O)COC(=O)[C@H](C)N2C(=O)[C@H]3CCCC[C@@H]3C2=O)cc1. The standard InChI is InChI=1S/C21H25N3O6/c1-12(24-19(27)16-5-3-4-6-17(16)20(24)28)21(29)30-11-18(26)23-15-9-7-14(8-10-15)22-13(2)25/h7-10,12,16-17H,3-6,11H2,1-2H3,(H,22,25)(H,23,26)/t12-,16-,17-/m0/s1. The van der Waals surface area contributed by atoms with Gasteiger partial charge in [0.1, 0.15) is 6.04 Å². The van der Waals surface area contributed by atoms with E-state index in [1.807, 2.05) is 0 Å². The van der Waals surface area contributed by atoms with Gasteiger partial charge in [-0.25, -0.2) is 4.79 Å². The maximum atomic E-state index is 12.6. The third-order valence-electron chi connectivity index (χ3n) is 5.44. The van der Waals surface area contributed by atoms with Gasteiger partial charge in [0.05, 0.1) is 11.8 Å². The molecule has 0 radical (unpaired) electrons. The second-order valence-electron chi connectivity index (χ2n) is 7.63. The summed E-state index contributed by atoms with van der Waals surface area (Å²) in [7, 11) is 0. The number of carbonyl (C=O) groups is 5. The average molecular weight is 415 g/mol. The first kappa shape index (κ1) is 21.5. The molecule has 0 bridgehead atoms. The van der Waals surface area contributed by atoms with Gasteiger partial charge in [0.25, 0.3) is 5.91 Å². The van der Waals surface area contributed by atoms with Gasteiger partial charge in [-0.3, -0.25) is 24.1 Å². The highest BCUT2D eigenvalue weighted by Gasteiger charge is 2.51. The fourth-order valence-electron chi connectivity index (χ4n) is 3.97. The third-order valence-corrected chi connectivity index (χ3v) is 5.44. The van der Waals surface area contributed by atoms with Crippen molar-refractivity contribution in [1.82, 2.24) is 4.90 Å². The minimum Gasteiger partial charge on any atom is -0.454 e. The molecular weight excluding hydrogens is 390 g/mol. The van der Waals surface area contributed by atoms with Crippen molar-refractivity contribution in [3.8, 4) is 0 Å². The van der Waals surface area contributed by atoms with E-state index < -0.39 is 24.5 Å². The predicted molar refractivity (Wildman–Crippen MR) is 107 cm³/mol. The molecule has 2 aliphatic rings. The van der Waals surface area contributed by atoms with Crippen LogP contribution in [0.1, 0.15) is 39.5 Å². The van der Waals surface area contributed by atoms with Crippen molar-refractivity contribution in [3.63, 3.8) is 0 Å². The van der Waals surface area contributed by atoms with E-state index in [0.29, 0.717) is 24.2 Å². The number of nitrogens with zero attached hydrogens (tertiary/aromatic N) is 1. The maximum Gasteiger partial charge on any atom is 0.329 e.